The van der Waals surface area contributed by atoms with E-state index in [1.165, 1.54) is 11.3 Å². The number of aryl methyl sites for hydroxylation is 1. The second-order valence-corrected chi connectivity index (χ2v) is 4.45. The zero-order chi connectivity index (χ0) is 10.7. The predicted molar refractivity (Wildman–Crippen MR) is 59.1 cm³/mol. The third-order valence-corrected chi connectivity index (χ3v) is 2.81. The maximum Gasteiger partial charge on any atom is 0.169 e. The molecule has 1 heterocycles. The lowest BCUT2D eigenvalue weighted by Gasteiger charge is -1.96. The first-order chi connectivity index (χ1) is 7.25. The molecular weight excluding hydrogens is 208 g/mol. The molecule has 0 fully saturated rings. The number of Topliss-reactive ketones (excluding diaryl/α,β-unsaturated/α-hetero) is 1. The van der Waals surface area contributed by atoms with Crippen molar-refractivity contribution < 1.29 is 4.79 Å². The minimum Gasteiger partial charge on any atom is -0.294 e. The average Bonchev–Trinajstić information content (AvgIpc) is 2.65. The Balaban J connectivity index is 2.11. The summed E-state index contributed by atoms with van der Waals surface area (Å²) in [5, 5.41) is 9.48. The normalized spacial score (nSPS) is 10.2. The van der Waals surface area contributed by atoms with E-state index in [0.29, 0.717) is 6.42 Å². The van der Waals surface area contributed by atoms with E-state index in [9.17, 15) is 4.79 Å². The predicted octanol–water partition coefficient (Wildman–Crippen LogP) is 2.27. The molecule has 15 heavy (non-hydrogen) atoms. The summed E-state index contributed by atoms with van der Waals surface area (Å²) in [5.41, 5.74) is 0.727. The van der Waals surface area contributed by atoms with Crippen LogP contribution < -0.4 is 0 Å². The van der Waals surface area contributed by atoms with Crippen LogP contribution in [0.1, 0.15) is 20.4 Å². The molecule has 0 spiro atoms. The highest BCUT2D eigenvalue weighted by molar-refractivity contribution is 7.11. The lowest BCUT2D eigenvalue weighted by atomic mass is 10.1. The highest BCUT2D eigenvalue weighted by atomic mass is 32.1. The number of carbonyl (C=O) groups excluding carboxylic acids is 1. The summed E-state index contributed by atoms with van der Waals surface area (Å²) in [6.07, 6.45) is 0.343. The van der Waals surface area contributed by atoms with Crippen molar-refractivity contribution in [1.29, 1.82) is 0 Å². The first-order valence-corrected chi connectivity index (χ1v) is 5.44. The van der Waals surface area contributed by atoms with E-state index < -0.39 is 0 Å². The van der Waals surface area contributed by atoms with Crippen LogP contribution in [0.3, 0.4) is 0 Å². The molecule has 4 heteroatoms. The van der Waals surface area contributed by atoms with E-state index >= 15 is 0 Å². The lowest BCUT2D eigenvalue weighted by Crippen LogP contribution is -2.02. The summed E-state index contributed by atoms with van der Waals surface area (Å²) in [6, 6.07) is 9.25. The number of aromatic nitrogens is 2. The highest BCUT2D eigenvalue weighted by Gasteiger charge is 2.09. The van der Waals surface area contributed by atoms with Crippen molar-refractivity contribution in [2.24, 2.45) is 0 Å². The van der Waals surface area contributed by atoms with Gasteiger partial charge in [-0.15, -0.1) is 21.5 Å². The van der Waals surface area contributed by atoms with Gasteiger partial charge in [-0.3, -0.25) is 4.79 Å². The third-order valence-electron chi connectivity index (χ3n) is 1.98. The van der Waals surface area contributed by atoms with Gasteiger partial charge in [0.1, 0.15) is 10.0 Å². The van der Waals surface area contributed by atoms with E-state index in [1.807, 2.05) is 37.3 Å². The second-order valence-electron chi connectivity index (χ2n) is 3.18. The summed E-state index contributed by atoms with van der Waals surface area (Å²) in [4.78, 5) is 11.8. The van der Waals surface area contributed by atoms with Crippen molar-refractivity contribution >= 4 is 17.1 Å². The molecule has 2 rings (SSSR count). The minimum absolute atomic E-state index is 0.0896. The summed E-state index contributed by atoms with van der Waals surface area (Å²) in [5.74, 6) is 0.0896. The smallest absolute Gasteiger partial charge is 0.169 e. The van der Waals surface area contributed by atoms with Crippen LogP contribution in [0.2, 0.25) is 0 Å². The SMILES string of the molecule is Cc1nnc(CC(=O)c2ccccc2)s1. The van der Waals surface area contributed by atoms with E-state index in [4.69, 9.17) is 0 Å². The zero-order valence-corrected chi connectivity index (χ0v) is 9.12. The molecule has 0 N–H and O–H groups in total. The molecule has 0 aliphatic heterocycles. The van der Waals surface area contributed by atoms with Crippen LogP contribution in [0, 0.1) is 6.92 Å². The van der Waals surface area contributed by atoms with Crippen LogP contribution in [0.4, 0.5) is 0 Å². The fraction of sp³-hybridized carbons (Fsp3) is 0.182. The van der Waals surface area contributed by atoms with Crippen molar-refractivity contribution in [3.63, 3.8) is 0 Å². The average molecular weight is 218 g/mol. The Labute approximate surface area is 91.8 Å². The molecule has 1 aromatic heterocycles. The third kappa shape index (κ3) is 2.47. The van der Waals surface area contributed by atoms with E-state index in [0.717, 1.165) is 15.6 Å². The number of rotatable bonds is 3. The van der Waals surface area contributed by atoms with Crippen LogP contribution in [0.5, 0.6) is 0 Å². The molecule has 2 aromatic rings. The van der Waals surface area contributed by atoms with E-state index in [2.05, 4.69) is 10.2 Å². The van der Waals surface area contributed by atoms with Crippen LogP contribution >= 0.6 is 11.3 Å². The van der Waals surface area contributed by atoms with Gasteiger partial charge in [0.05, 0.1) is 6.42 Å². The summed E-state index contributed by atoms with van der Waals surface area (Å²) < 4.78 is 0. The summed E-state index contributed by atoms with van der Waals surface area (Å²) >= 11 is 1.47. The summed E-state index contributed by atoms with van der Waals surface area (Å²) in [7, 11) is 0. The highest BCUT2D eigenvalue weighted by Crippen LogP contribution is 2.11. The Morgan fingerprint density at radius 2 is 2.00 bits per heavy atom. The topological polar surface area (TPSA) is 42.9 Å². The monoisotopic (exact) mass is 218 g/mol. The number of nitrogens with zero attached hydrogens (tertiary/aromatic N) is 2. The number of carbonyl (C=O) groups is 1. The summed E-state index contributed by atoms with van der Waals surface area (Å²) in [6.45, 7) is 1.88. The zero-order valence-electron chi connectivity index (χ0n) is 8.30. The number of benzene rings is 1. The van der Waals surface area contributed by atoms with Gasteiger partial charge < -0.3 is 0 Å². The largest absolute Gasteiger partial charge is 0.294 e. The second kappa shape index (κ2) is 4.31. The molecule has 3 nitrogen and oxygen atoms in total. The Kier molecular flexibility index (Phi) is 2.87. The van der Waals surface area contributed by atoms with Crippen molar-refractivity contribution in [3.05, 3.63) is 45.9 Å². The Morgan fingerprint density at radius 1 is 1.27 bits per heavy atom. The van der Waals surface area contributed by atoms with Crippen molar-refractivity contribution in [1.82, 2.24) is 10.2 Å². The number of hydrogen-bond acceptors (Lipinski definition) is 4. The van der Waals surface area contributed by atoms with Gasteiger partial charge in [-0.25, -0.2) is 0 Å². The number of ketones is 1. The molecule has 0 unspecified atom stereocenters. The first kappa shape index (κ1) is 9.98. The van der Waals surface area contributed by atoms with E-state index in [1.54, 1.807) is 0 Å². The van der Waals surface area contributed by atoms with Crippen LogP contribution in [-0.2, 0) is 6.42 Å². The molecule has 76 valence electrons. The molecule has 0 amide bonds. The fourth-order valence-corrected chi connectivity index (χ4v) is 1.98. The van der Waals surface area contributed by atoms with Gasteiger partial charge in [0.15, 0.2) is 5.78 Å². The van der Waals surface area contributed by atoms with Crippen molar-refractivity contribution in [3.8, 4) is 0 Å². The molecule has 0 atom stereocenters. The van der Waals surface area contributed by atoms with Gasteiger partial charge in [0, 0.05) is 5.56 Å². The Hall–Kier alpha value is -1.55. The quantitative estimate of drug-likeness (QED) is 0.742. The standard InChI is InChI=1S/C11H10N2OS/c1-8-12-13-11(15-8)7-10(14)9-5-3-2-4-6-9/h2-6H,7H2,1H3. The van der Waals surface area contributed by atoms with Crippen LogP contribution in [0.15, 0.2) is 30.3 Å². The molecule has 0 aliphatic carbocycles. The van der Waals surface area contributed by atoms with Gasteiger partial charge in [-0.2, -0.15) is 0 Å². The minimum atomic E-state index is 0.0896. The van der Waals surface area contributed by atoms with Gasteiger partial charge in [-0.05, 0) is 6.92 Å². The molecule has 0 aliphatic rings. The van der Waals surface area contributed by atoms with Gasteiger partial charge in [-0.1, -0.05) is 30.3 Å². The molecule has 1 aromatic carbocycles. The first-order valence-electron chi connectivity index (χ1n) is 4.63. The fourth-order valence-electron chi connectivity index (χ4n) is 1.27. The van der Waals surface area contributed by atoms with Crippen LogP contribution in [-0.4, -0.2) is 16.0 Å². The van der Waals surface area contributed by atoms with Gasteiger partial charge in [0.2, 0.25) is 0 Å². The van der Waals surface area contributed by atoms with Crippen LogP contribution in [0.25, 0.3) is 0 Å². The molecule has 0 saturated carbocycles. The maximum absolute atomic E-state index is 11.8. The van der Waals surface area contributed by atoms with E-state index in [-0.39, 0.29) is 5.78 Å². The van der Waals surface area contributed by atoms with Crippen molar-refractivity contribution in [2.75, 3.05) is 0 Å². The molecule has 0 saturated heterocycles. The van der Waals surface area contributed by atoms with Crippen molar-refractivity contribution in [2.45, 2.75) is 13.3 Å². The molecular formula is C11H10N2OS. The van der Waals surface area contributed by atoms with Gasteiger partial charge in [0.25, 0.3) is 0 Å². The molecule has 0 bridgehead atoms. The Bertz CT molecular complexity index is 464. The Morgan fingerprint density at radius 3 is 2.60 bits per heavy atom. The maximum atomic E-state index is 11.8. The molecule has 0 radical (unpaired) electrons. The van der Waals surface area contributed by atoms with Gasteiger partial charge >= 0.3 is 0 Å². The number of hydrogen-bond donors (Lipinski definition) is 0. The lowest BCUT2D eigenvalue weighted by molar-refractivity contribution is 0.0992.